The molecule has 0 saturated heterocycles. The van der Waals surface area contributed by atoms with Crippen LogP contribution in [0.2, 0.25) is 0 Å². The number of hydrogen-bond acceptors (Lipinski definition) is 5. The molecular weight excluding hydrogens is 306 g/mol. The van der Waals surface area contributed by atoms with E-state index in [1.165, 1.54) is 6.08 Å². The number of furan rings is 1. The van der Waals surface area contributed by atoms with Crippen molar-refractivity contribution in [2.75, 3.05) is 5.32 Å². The molecule has 3 aromatic rings. The lowest BCUT2D eigenvalue weighted by molar-refractivity contribution is -0.111. The Morgan fingerprint density at radius 2 is 2.08 bits per heavy atom. The van der Waals surface area contributed by atoms with Gasteiger partial charge >= 0.3 is 0 Å². The van der Waals surface area contributed by atoms with E-state index < -0.39 is 0 Å². The zero-order valence-electron chi connectivity index (χ0n) is 13.0. The minimum absolute atomic E-state index is 0.265. The third-order valence-corrected chi connectivity index (χ3v) is 3.04. The van der Waals surface area contributed by atoms with Crippen molar-refractivity contribution < 1.29 is 13.9 Å². The quantitative estimate of drug-likeness (QED) is 0.723. The third-order valence-electron chi connectivity index (χ3n) is 3.04. The lowest BCUT2D eigenvalue weighted by Gasteiger charge is -2.07. The summed E-state index contributed by atoms with van der Waals surface area (Å²) in [5, 5.41) is 10.6. The number of hydrogen-bond donors (Lipinski definition) is 1. The van der Waals surface area contributed by atoms with Crippen molar-refractivity contribution in [3.05, 3.63) is 72.3 Å². The highest BCUT2D eigenvalue weighted by atomic mass is 16.5. The summed E-state index contributed by atoms with van der Waals surface area (Å²) in [6.45, 7) is 1.85. The molecule has 1 N–H and O–H groups in total. The molecule has 0 saturated carbocycles. The predicted molar refractivity (Wildman–Crippen MR) is 89.7 cm³/mol. The van der Waals surface area contributed by atoms with Crippen LogP contribution < -0.4 is 10.1 Å². The first-order valence-corrected chi connectivity index (χ1v) is 7.30. The fourth-order valence-electron chi connectivity index (χ4n) is 1.93. The van der Waals surface area contributed by atoms with Gasteiger partial charge in [0.15, 0.2) is 0 Å². The Bertz CT molecular complexity index is 840. The Balaban J connectivity index is 1.64. The lowest BCUT2D eigenvalue weighted by Crippen LogP contribution is -2.07. The molecule has 2 aromatic heterocycles. The Morgan fingerprint density at radius 3 is 2.83 bits per heavy atom. The molecule has 0 atom stereocenters. The van der Waals surface area contributed by atoms with E-state index in [0.29, 0.717) is 23.1 Å². The van der Waals surface area contributed by atoms with E-state index in [1.54, 1.807) is 54.8 Å². The van der Waals surface area contributed by atoms with Crippen LogP contribution in [0.25, 0.3) is 6.08 Å². The Morgan fingerprint density at radius 1 is 1.17 bits per heavy atom. The van der Waals surface area contributed by atoms with Crippen molar-refractivity contribution in [2.24, 2.45) is 0 Å². The molecule has 1 amide bonds. The molecule has 0 fully saturated rings. The number of benzene rings is 1. The standard InChI is InChI=1S/C18H15N3O3/c1-13-7-10-18(21-20-13)24-16-5-2-4-14(12-16)19-17(22)9-8-15-6-3-11-23-15/h2-12H,1H3,(H,19,22). The molecule has 6 nitrogen and oxygen atoms in total. The van der Waals surface area contributed by atoms with Crippen LogP contribution in [0.5, 0.6) is 11.6 Å². The zero-order valence-corrected chi connectivity index (χ0v) is 13.0. The first-order valence-electron chi connectivity index (χ1n) is 7.30. The number of anilines is 1. The topological polar surface area (TPSA) is 77.2 Å². The van der Waals surface area contributed by atoms with E-state index in [1.807, 2.05) is 13.0 Å². The molecule has 24 heavy (non-hydrogen) atoms. The van der Waals surface area contributed by atoms with E-state index in [9.17, 15) is 4.79 Å². The highest BCUT2D eigenvalue weighted by Gasteiger charge is 2.03. The molecule has 0 aliphatic carbocycles. The van der Waals surface area contributed by atoms with Gasteiger partial charge < -0.3 is 14.5 Å². The van der Waals surface area contributed by atoms with Crippen LogP contribution in [-0.4, -0.2) is 16.1 Å². The molecule has 3 rings (SSSR count). The summed E-state index contributed by atoms with van der Waals surface area (Å²) in [5.74, 6) is 1.29. The summed E-state index contributed by atoms with van der Waals surface area (Å²) >= 11 is 0. The molecule has 0 spiro atoms. The lowest BCUT2D eigenvalue weighted by atomic mass is 10.3. The Hall–Kier alpha value is -3.41. The second kappa shape index (κ2) is 7.23. The predicted octanol–water partition coefficient (Wildman–Crippen LogP) is 3.82. The van der Waals surface area contributed by atoms with Crippen molar-refractivity contribution in [2.45, 2.75) is 6.92 Å². The minimum atomic E-state index is -0.265. The number of aromatic nitrogens is 2. The summed E-state index contributed by atoms with van der Waals surface area (Å²) in [6.07, 6.45) is 4.54. The fourth-order valence-corrected chi connectivity index (χ4v) is 1.93. The van der Waals surface area contributed by atoms with E-state index >= 15 is 0 Å². The first-order chi connectivity index (χ1) is 11.7. The van der Waals surface area contributed by atoms with Gasteiger partial charge in [-0.3, -0.25) is 4.79 Å². The molecule has 120 valence electrons. The Labute approximate surface area is 138 Å². The smallest absolute Gasteiger partial charge is 0.248 e. The molecule has 0 aliphatic rings. The average molecular weight is 321 g/mol. The largest absolute Gasteiger partial charge is 0.465 e. The van der Waals surface area contributed by atoms with E-state index in [4.69, 9.17) is 9.15 Å². The number of rotatable bonds is 5. The van der Waals surface area contributed by atoms with Crippen LogP contribution in [0.1, 0.15) is 11.5 Å². The minimum Gasteiger partial charge on any atom is -0.465 e. The van der Waals surface area contributed by atoms with Crippen molar-refractivity contribution in [1.82, 2.24) is 10.2 Å². The summed E-state index contributed by atoms with van der Waals surface area (Å²) in [7, 11) is 0. The zero-order chi connectivity index (χ0) is 16.8. The van der Waals surface area contributed by atoms with E-state index in [-0.39, 0.29) is 5.91 Å². The van der Waals surface area contributed by atoms with Gasteiger partial charge in [-0.1, -0.05) is 6.07 Å². The van der Waals surface area contributed by atoms with Crippen LogP contribution in [0, 0.1) is 6.92 Å². The first kappa shape index (κ1) is 15.5. The van der Waals surface area contributed by atoms with Crippen LogP contribution >= 0.6 is 0 Å². The summed E-state index contributed by atoms with van der Waals surface area (Å²) in [4.78, 5) is 11.9. The van der Waals surface area contributed by atoms with Gasteiger partial charge in [-0.2, -0.15) is 5.10 Å². The third kappa shape index (κ3) is 4.30. The SMILES string of the molecule is Cc1ccc(Oc2cccc(NC(=O)C=Cc3ccco3)c2)nn1. The van der Waals surface area contributed by atoms with Crippen LogP contribution in [0.15, 0.2) is 65.3 Å². The highest BCUT2D eigenvalue weighted by Crippen LogP contribution is 2.22. The maximum Gasteiger partial charge on any atom is 0.248 e. The van der Waals surface area contributed by atoms with Gasteiger partial charge in [0.2, 0.25) is 11.8 Å². The van der Waals surface area contributed by atoms with Crippen LogP contribution in [-0.2, 0) is 4.79 Å². The number of amides is 1. The number of ether oxygens (including phenoxy) is 1. The van der Waals surface area contributed by atoms with E-state index in [0.717, 1.165) is 5.69 Å². The number of aryl methyl sites for hydroxylation is 1. The van der Waals surface area contributed by atoms with E-state index in [2.05, 4.69) is 15.5 Å². The number of nitrogens with one attached hydrogen (secondary N) is 1. The molecule has 0 radical (unpaired) electrons. The van der Waals surface area contributed by atoms with Crippen molar-refractivity contribution in [1.29, 1.82) is 0 Å². The molecule has 2 heterocycles. The van der Waals surface area contributed by atoms with Gasteiger partial charge in [0.05, 0.1) is 12.0 Å². The normalized spacial score (nSPS) is 10.7. The number of nitrogens with zero attached hydrogens (tertiary/aromatic N) is 2. The van der Waals surface area contributed by atoms with Gasteiger partial charge in [-0.25, -0.2) is 0 Å². The average Bonchev–Trinajstić information content (AvgIpc) is 3.09. The molecule has 0 unspecified atom stereocenters. The summed E-state index contributed by atoms with van der Waals surface area (Å²) < 4.78 is 10.7. The van der Waals surface area contributed by atoms with Gasteiger partial charge in [0, 0.05) is 23.9 Å². The van der Waals surface area contributed by atoms with Crippen molar-refractivity contribution in [3.8, 4) is 11.6 Å². The molecular formula is C18H15N3O3. The molecule has 1 aromatic carbocycles. The monoisotopic (exact) mass is 321 g/mol. The second-order valence-corrected chi connectivity index (χ2v) is 4.98. The highest BCUT2D eigenvalue weighted by molar-refractivity contribution is 6.01. The van der Waals surface area contributed by atoms with Crippen molar-refractivity contribution in [3.63, 3.8) is 0 Å². The number of carbonyl (C=O) groups excluding carboxylic acids is 1. The molecule has 0 aliphatic heterocycles. The van der Waals surface area contributed by atoms with Crippen molar-refractivity contribution >= 4 is 17.7 Å². The maximum atomic E-state index is 11.9. The molecule has 6 heteroatoms. The van der Waals surface area contributed by atoms with Crippen LogP contribution in [0.4, 0.5) is 5.69 Å². The number of carbonyl (C=O) groups is 1. The second-order valence-electron chi connectivity index (χ2n) is 4.98. The summed E-state index contributed by atoms with van der Waals surface area (Å²) in [5.41, 5.74) is 1.42. The Kier molecular flexibility index (Phi) is 4.67. The fraction of sp³-hybridized carbons (Fsp3) is 0.0556. The molecule has 0 bridgehead atoms. The van der Waals surface area contributed by atoms with Gasteiger partial charge in [0.1, 0.15) is 11.5 Å². The maximum absolute atomic E-state index is 11.9. The van der Waals surface area contributed by atoms with Gasteiger partial charge in [-0.15, -0.1) is 5.10 Å². The van der Waals surface area contributed by atoms with Gasteiger partial charge in [0.25, 0.3) is 0 Å². The van der Waals surface area contributed by atoms with Crippen LogP contribution in [0.3, 0.4) is 0 Å². The van der Waals surface area contributed by atoms with Gasteiger partial charge in [-0.05, 0) is 43.3 Å². The summed E-state index contributed by atoms with van der Waals surface area (Å²) in [6, 6.07) is 14.1.